The van der Waals surface area contributed by atoms with E-state index in [9.17, 15) is 0 Å². The Hall–Kier alpha value is 0.230. The minimum atomic E-state index is 0.657. The van der Waals surface area contributed by atoms with Crippen LogP contribution in [0.25, 0.3) is 0 Å². The van der Waals surface area contributed by atoms with Crippen LogP contribution < -0.4 is 5.32 Å². The summed E-state index contributed by atoms with van der Waals surface area (Å²) < 4.78 is 0.657. The van der Waals surface area contributed by atoms with E-state index in [1.165, 1.54) is 36.6 Å². The molecular weight excluding hydrogens is 248 g/mol. The van der Waals surface area contributed by atoms with Crippen molar-refractivity contribution in [2.75, 3.05) is 18.8 Å². The lowest BCUT2D eigenvalue weighted by Crippen LogP contribution is -2.30. The maximum atomic E-state index is 5.78. The fourth-order valence-electron chi connectivity index (χ4n) is 1.74. The standard InChI is InChI=1S/C10H15ClN2S2/c11-10-13-5-9(15-10)7-14-6-8-2-1-3-12-4-8/h5,8,12H,1-4,6-7H2/t8-/m0/s1. The summed E-state index contributed by atoms with van der Waals surface area (Å²) in [6, 6.07) is 0. The number of aromatic nitrogens is 1. The lowest BCUT2D eigenvalue weighted by Gasteiger charge is -2.21. The molecule has 84 valence electrons. The second-order valence-corrected chi connectivity index (χ2v) is 6.53. The Morgan fingerprint density at radius 3 is 3.27 bits per heavy atom. The minimum absolute atomic E-state index is 0.657. The molecule has 1 fully saturated rings. The van der Waals surface area contributed by atoms with Gasteiger partial charge in [0.05, 0.1) is 0 Å². The first-order valence-electron chi connectivity index (χ1n) is 5.23. The average Bonchev–Trinajstić information content (AvgIpc) is 2.66. The van der Waals surface area contributed by atoms with Gasteiger partial charge in [-0.1, -0.05) is 11.6 Å². The van der Waals surface area contributed by atoms with Crippen LogP contribution in [0.5, 0.6) is 0 Å². The highest BCUT2D eigenvalue weighted by molar-refractivity contribution is 7.98. The molecule has 1 N–H and O–H groups in total. The van der Waals surface area contributed by atoms with E-state index < -0.39 is 0 Å². The summed E-state index contributed by atoms with van der Waals surface area (Å²) in [4.78, 5) is 5.33. The van der Waals surface area contributed by atoms with E-state index >= 15 is 0 Å². The van der Waals surface area contributed by atoms with Crippen molar-refractivity contribution in [1.82, 2.24) is 10.3 Å². The fourth-order valence-corrected chi connectivity index (χ4v) is 4.01. The van der Waals surface area contributed by atoms with Gasteiger partial charge in [-0.15, -0.1) is 11.3 Å². The van der Waals surface area contributed by atoms with Crippen LogP contribution in [0, 0.1) is 5.92 Å². The summed E-state index contributed by atoms with van der Waals surface area (Å²) in [6.45, 7) is 2.39. The van der Waals surface area contributed by atoms with E-state index in [0.29, 0.717) is 4.47 Å². The lowest BCUT2D eigenvalue weighted by atomic mass is 10.0. The molecule has 2 nitrogen and oxygen atoms in total. The molecule has 1 atom stereocenters. The van der Waals surface area contributed by atoms with Crippen LogP contribution in [-0.4, -0.2) is 23.8 Å². The molecule has 0 unspecified atom stereocenters. The average molecular weight is 263 g/mol. The Bertz CT molecular complexity index is 297. The van der Waals surface area contributed by atoms with Gasteiger partial charge in [0, 0.05) is 16.8 Å². The maximum Gasteiger partial charge on any atom is 0.183 e. The monoisotopic (exact) mass is 262 g/mol. The van der Waals surface area contributed by atoms with Crippen LogP contribution >= 0.6 is 34.7 Å². The summed E-state index contributed by atoms with van der Waals surface area (Å²) >= 11 is 9.37. The van der Waals surface area contributed by atoms with Gasteiger partial charge in [-0.05, 0) is 37.6 Å². The predicted octanol–water partition coefficient (Wildman–Crippen LogP) is 3.03. The molecule has 15 heavy (non-hydrogen) atoms. The minimum Gasteiger partial charge on any atom is -0.316 e. The zero-order chi connectivity index (χ0) is 10.5. The number of hydrogen-bond acceptors (Lipinski definition) is 4. The quantitative estimate of drug-likeness (QED) is 0.903. The molecule has 2 rings (SSSR count). The molecular formula is C10H15ClN2S2. The summed E-state index contributed by atoms with van der Waals surface area (Å²) in [5, 5.41) is 3.44. The largest absolute Gasteiger partial charge is 0.316 e. The van der Waals surface area contributed by atoms with E-state index in [2.05, 4.69) is 10.3 Å². The number of thioether (sulfide) groups is 1. The molecule has 0 saturated carbocycles. The van der Waals surface area contributed by atoms with Gasteiger partial charge >= 0.3 is 0 Å². The van der Waals surface area contributed by atoms with Crippen LogP contribution in [0.3, 0.4) is 0 Å². The number of hydrogen-bond donors (Lipinski definition) is 1. The highest BCUT2D eigenvalue weighted by Gasteiger charge is 2.12. The maximum absolute atomic E-state index is 5.78. The Kier molecular flexibility index (Phi) is 4.75. The van der Waals surface area contributed by atoms with Crippen molar-refractivity contribution >= 4 is 34.7 Å². The molecule has 1 aliphatic heterocycles. The lowest BCUT2D eigenvalue weighted by molar-refractivity contribution is 0.410. The Balaban J connectivity index is 1.65. The molecule has 0 amide bonds. The Morgan fingerprint density at radius 2 is 2.60 bits per heavy atom. The predicted molar refractivity (Wildman–Crippen MR) is 68.9 cm³/mol. The molecule has 1 aliphatic rings. The number of halogens is 1. The van der Waals surface area contributed by atoms with Gasteiger partial charge < -0.3 is 5.32 Å². The molecule has 0 radical (unpaired) electrons. The van der Waals surface area contributed by atoms with Crippen molar-refractivity contribution in [2.45, 2.75) is 18.6 Å². The number of rotatable bonds is 4. The van der Waals surface area contributed by atoms with Crippen molar-refractivity contribution in [3.8, 4) is 0 Å². The van der Waals surface area contributed by atoms with Gasteiger partial charge in [-0.2, -0.15) is 11.8 Å². The van der Waals surface area contributed by atoms with E-state index in [4.69, 9.17) is 11.6 Å². The van der Waals surface area contributed by atoms with Crippen LogP contribution in [0.4, 0.5) is 0 Å². The molecule has 1 aromatic heterocycles. The summed E-state index contributed by atoms with van der Waals surface area (Å²) in [5.41, 5.74) is 0. The van der Waals surface area contributed by atoms with Gasteiger partial charge in [0.2, 0.25) is 0 Å². The highest BCUT2D eigenvalue weighted by atomic mass is 35.5. The van der Waals surface area contributed by atoms with Crippen molar-refractivity contribution in [3.63, 3.8) is 0 Å². The van der Waals surface area contributed by atoms with Gasteiger partial charge in [0.25, 0.3) is 0 Å². The zero-order valence-electron chi connectivity index (χ0n) is 8.54. The van der Waals surface area contributed by atoms with Gasteiger partial charge in [0.15, 0.2) is 4.47 Å². The first kappa shape index (κ1) is 11.7. The Labute approximate surface area is 104 Å². The number of nitrogens with one attached hydrogen (secondary N) is 1. The van der Waals surface area contributed by atoms with Crippen LogP contribution in [0.15, 0.2) is 6.20 Å². The topological polar surface area (TPSA) is 24.9 Å². The summed E-state index contributed by atoms with van der Waals surface area (Å²) in [5.74, 6) is 3.16. The molecule has 1 saturated heterocycles. The SMILES string of the molecule is Clc1ncc(CSC[C@H]2CCCNC2)s1. The molecule has 0 bridgehead atoms. The first-order chi connectivity index (χ1) is 7.34. The van der Waals surface area contributed by atoms with E-state index in [1.54, 1.807) is 11.3 Å². The van der Waals surface area contributed by atoms with Gasteiger partial charge in [-0.25, -0.2) is 4.98 Å². The third-order valence-electron chi connectivity index (χ3n) is 2.52. The van der Waals surface area contributed by atoms with Crippen molar-refractivity contribution in [3.05, 3.63) is 15.5 Å². The van der Waals surface area contributed by atoms with Crippen LogP contribution in [0.2, 0.25) is 4.47 Å². The van der Waals surface area contributed by atoms with Crippen LogP contribution in [-0.2, 0) is 5.75 Å². The number of thiazole rings is 1. The number of piperidine rings is 1. The highest BCUT2D eigenvalue weighted by Crippen LogP contribution is 2.24. The molecule has 1 aromatic rings. The normalized spacial score (nSPS) is 21.8. The van der Waals surface area contributed by atoms with Crippen LogP contribution in [0.1, 0.15) is 17.7 Å². The van der Waals surface area contributed by atoms with Gasteiger partial charge in [0.1, 0.15) is 0 Å². The Morgan fingerprint density at radius 1 is 1.67 bits per heavy atom. The molecule has 2 heterocycles. The zero-order valence-corrected chi connectivity index (χ0v) is 10.9. The third kappa shape index (κ3) is 3.94. The van der Waals surface area contributed by atoms with Crippen molar-refractivity contribution in [2.24, 2.45) is 5.92 Å². The number of nitrogens with zero attached hydrogens (tertiary/aromatic N) is 1. The summed E-state index contributed by atoms with van der Waals surface area (Å²) in [6.07, 6.45) is 4.60. The second kappa shape index (κ2) is 6.09. The smallest absolute Gasteiger partial charge is 0.183 e. The van der Waals surface area contributed by atoms with Crippen molar-refractivity contribution < 1.29 is 0 Å². The first-order valence-corrected chi connectivity index (χ1v) is 7.58. The molecule has 0 aromatic carbocycles. The van der Waals surface area contributed by atoms with E-state index in [0.717, 1.165) is 11.7 Å². The second-order valence-electron chi connectivity index (χ2n) is 3.81. The van der Waals surface area contributed by atoms with Gasteiger partial charge in [-0.3, -0.25) is 0 Å². The molecule has 5 heteroatoms. The van der Waals surface area contributed by atoms with E-state index in [-0.39, 0.29) is 0 Å². The third-order valence-corrected chi connectivity index (χ3v) is 5.04. The van der Waals surface area contributed by atoms with E-state index in [1.807, 2.05) is 18.0 Å². The molecule has 0 aliphatic carbocycles. The molecule has 0 spiro atoms. The summed E-state index contributed by atoms with van der Waals surface area (Å²) in [7, 11) is 0. The van der Waals surface area contributed by atoms with Crippen molar-refractivity contribution in [1.29, 1.82) is 0 Å². The fraction of sp³-hybridized carbons (Fsp3) is 0.700.